The molecule has 1 aliphatic rings. The summed E-state index contributed by atoms with van der Waals surface area (Å²) < 4.78 is 14.7. The van der Waals surface area contributed by atoms with E-state index >= 15 is 0 Å². The smallest absolute Gasteiger partial charge is 0.138 e. The van der Waals surface area contributed by atoms with Crippen LogP contribution in [0.3, 0.4) is 0 Å². The van der Waals surface area contributed by atoms with Gasteiger partial charge in [0.05, 0.1) is 6.04 Å². The molecule has 0 saturated heterocycles. The molecule has 18 heavy (non-hydrogen) atoms. The first kappa shape index (κ1) is 11.3. The minimum absolute atomic E-state index is 0.0599. The Morgan fingerprint density at radius 1 is 1.22 bits per heavy atom. The average Bonchev–Trinajstić information content (AvgIpc) is 2.99. The molecule has 1 aliphatic carbocycles. The SMILES string of the molecule is NC1CCC(n2cnnn2)C1c1ccc(F)cc1. The second-order valence-electron chi connectivity index (χ2n) is 4.68. The number of halogens is 1. The van der Waals surface area contributed by atoms with Gasteiger partial charge >= 0.3 is 0 Å². The summed E-state index contributed by atoms with van der Waals surface area (Å²) in [5.41, 5.74) is 7.21. The Hall–Kier alpha value is -1.82. The van der Waals surface area contributed by atoms with E-state index in [1.54, 1.807) is 23.1 Å². The van der Waals surface area contributed by atoms with Crippen LogP contribution in [-0.2, 0) is 0 Å². The second-order valence-corrected chi connectivity index (χ2v) is 4.68. The fourth-order valence-corrected chi connectivity index (χ4v) is 2.78. The summed E-state index contributed by atoms with van der Waals surface area (Å²) in [5.74, 6) is -0.0987. The molecule has 3 atom stereocenters. The van der Waals surface area contributed by atoms with Crippen molar-refractivity contribution in [3.8, 4) is 0 Å². The number of tetrazole rings is 1. The van der Waals surface area contributed by atoms with Gasteiger partial charge in [0.2, 0.25) is 0 Å². The third-order valence-corrected chi connectivity index (χ3v) is 3.63. The monoisotopic (exact) mass is 247 g/mol. The molecule has 1 saturated carbocycles. The predicted molar refractivity (Wildman–Crippen MR) is 63.2 cm³/mol. The Labute approximate surface area is 104 Å². The second kappa shape index (κ2) is 4.45. The first-order valence-corrected chi connectivity index (χ1v) is 5.99. The molecule has 6 heteroatoms. The van der Waals surface area contributed by atoms with E-state index in [9.17, 15) is 4.39 Å². The molecule has 0 aliphatic heterocycles. The summed E-state index contributed by atoms with van der Waals surface area (Å²) in [5, 5.41) is 11.3. The highest BCUT2D eigenvalue weighted by molar-refractivity contribution is 5.25. The molecule has 0 bridgehead atoms. The number of aromatic nitrogens is 4. The predicted octanol–water partition coefficient (Wildman–Crippen LogP) is 1.26. The van der Waals surface area contributed by atoms with Crippen molar-refractivity contribution in [2.75, 3.05) is 0 Å². The summed E-state index contributed by atoms with van der Waals surface area (Å²) in [4.78, 5) is 0. The zero-order valence-corrected chi connectivity index (χ0v) is 9.78. The minimum Gasteiger partial charge on any atom is -0.327 e. The van der Waals surface area contributed by atoms with Crippen molar-refractivity contribution < 1.29 is 4.39 Å². The molecule has 1 heterocycles. The van der Waals surface area contributed by atoms with Crippen molar-refractivity contribution in [2.24, 2.45) is 5.73 Å². The van der Waals surface area contributed by atoms with Crippen molar-refractivity contribution in [3.05, 3.63) is 42.0 Å². The number of nitrogens with two attached hydrogens (primary N) is 1. The van der Waals surface area contributed by atoms with Gasteiger partial charge in [-0.2, -0.15) is 0 Å². The van der Waals surface area contributed by atoms with Crippen LogP contribution < -0.4 is 5.73 Å². The van der Waals surface area contributed by atoms with E-state index in [2.05, 4.69) is 15.5 Å². The lowest BCUT2D eigenvalue weighted by atomic mass is 9.91. The normalized spacial score (nSPS) is 27.6. The largest absolute Gasteiger partial charge is 0.327 e. The Kier molecular flexibility index (Phi) is 2.79. The number of hydrogen-bond donors (Lipinski definition) is 1. The molecule has 0 amide bonds. The van der Waals surface area contributed by atoms with E-state index in [0.717, 1.165) is 18.4 Å². The maximum atomic E-state index is 13.0. The Bertz CT molecular complexity index is 510. The van der Waals surface area contributed by atoms with Gasteiger partial charge in [-0.3, -0.25) is 0 Å². The maximum Gasteiger partial charge on any atom is 0.138 e. The first-order chi connectivity index (χ1) is 8.75. The maximum absolute atomic E-state index is 13.0. The summed E-state index contributed by atoms with van der Waals surface area (Å²) in [6, 6.07) is 6.74. The van der Waals surface area contributed by atoms with Gasteiger partial charge in [-0.25, -0.2) is 9.07 Å². The van der Waals surface area contributed by atoms with Crippen LogP contribution in [0.4, 0.5) is 4.39 Å². The summed E-state index contributed by atoms with van der Waals surface area (Å²) in [6.07, 6.45) is 3.47. The van der Waals surface area contributed by atoms with Gasteiger partial charge < -0.3 is 5.73 Å². The van der Waals surface area contributed by atoms with Crippen molar-refractivity contribution in [1.82, 2.24) is 20.2 Å². The molecule has 3 unspecified atom stereocenters. The summed E-state index contributed by atoms with van der Waals surface area (Å²) in [6.45, 7) is 0. The van der Waals surface area contributed by atoms with E-state index in [-0.39, 0.29) is 23.8 Å². The fourth-order valence-electron chi connectivity index (χ4n) is 2.78. The van der Waals surface area contributed by atoms with Gasteiger partial charge in [0, 0.05) is 12.0 Å². The van der Waals surface area contributed by atoms with Gasteiger partial charge in [-0.05, 0) is 41.0 Å². The third kappa shape index (κ3) is 1.88. The Balaban J connectivity index is 1.94. The Morgan fingerprint density at radius 3 is 2.67 bits per heavy atom. The highest BCUT2D eigenvalue weighted by Crippen LogP contribution is 2.41. The van der Waals surface area contributed by atoms with Crippen LogP contribution in [-0.4, -0.2) is 26.2 Å². The molecule has 1 fully saturated rings. The van der Waals surface area contributed by atoms with Gasteiger partial charge in [-0.15, -0.1) is 5.10 Å². The van der Waals surface area contributed by atoms with E-state index in [1.807, 2.05) is 0 Å². The van der Waals surface area contributed by atoms with E-state index in [0.29, 0.717) is 0 Å². The molecule has 3 rings (SSSR count). The lowest BCUT2D eigenvalue weighted by molar-refractivity contribution is 0.401. The van der Waals surface area contributed by atoms with Crippen molar-refractivity contribution >= 4 is 0 Å². The van der Waals surface area contributed by atoms with Crippen LogP contribution in [0.1, 0.15) is 30.4 Å². The van der Waals surface area contributed by atoms with Crippen molar-refractivity contribution in [1.29, 1.82) is 0 Å². The molecule has 2 aromatic rings. The molecule has 2 N–H and O–H groups in total. The number of benzene rings is 1. The summed E-state index contributed by atoms with van der Waals surface area (Å²) >= 11 is 0. The topological polar surface area (TPSA) is 69.6 Å². The van der Waals surface area contributed by atoms with Gasteiger partial charge in [0.15, 0.2) is 0 Å². The van der Waals surface area contributed by atoms with E-state index < -0.39 is 0 Å². The molecule has 94 valence electrons. The van der Waals surface area contributed by atoms with Crippen LogP contribution in [0, 0.1) is 5.82 Å². The number of nitrogens with zero attached hydrogens (tertiary/aromatic N) is 4. The van der Waals surface area contributed by atoms with Crippen molar-refractivity contribution in [3.63, 3.8) is 0 Å². The standard InChI is InChI=1S/C12H14FN5/c13-9-3-1-8(2-4-9)12-10(14)5-6-11(12)18-7-15-16-17-18/h1-4,7,10-12H,5-6,14H2. The van der Waals surface area contributed by atoms with Gasteiger partial charge in [0.1, 0.15) is 12.1 Å². The van der Waals surface area contributed by atoms with Crippen LogP contribution >= 0.6 is 0 Å². The number of rotatable bonds is 2. The average molecular weight is 247 g/mol. The molecule has 1 aromatic heterocycles. The van der Waals surface area contributed by atoms with Gasteiger partial charge in [-0.1, -0.05) is 12.1 Å². The molecular weight excluding hydrogens is 233 g/mol. The molecule has 0 radical (unpaired) electrons. The highest BCUT2D eigenvalue weighted by Gasteiger charge is 2.36. The van der Waals surface area contributed by atoms with Gasteiger partial charge in [0.25, 0.3) is 0 Å². The quantitative estimate of drug-likeness (QED) is 0.867. The van der Waals surface area contributed by atoms with E-state index in [1.165, 1.54) is 12.1 Å². The molecule has 5 nitrogen and oxygen atoms in total. The molecule has 1 aromatic carbocycles. The van der Waals surface area contributed by atoms with Crippen LogP contribution in [0.5, 0.6) is 0 Å². The fraction of sp³-hybridized carbons (Fsp3) is 0.417. The zero-order valence-electron chi connectivity index (χ0n) is 9.78. The zero-order chi connectivity index (χ0) is 12.5. The minimum atomic E-state index is -0.232. The molecule has 0 spiro atoms. The molecular formula is C12H14FN5. The third-order valence-electron chi connectivity index (χ3n) is 3.63. The van der Waals surface area contributed by atoms with Crippen molar-refractivity contribution in [2.45, 2.75) is 30.8 Å². The van der Waals surface area contributed by atoms with Crippen LogP contribution in [0.25, 0.3) is 0 Å². The highest BCUT2D eigenvalue weighted by atomic mass is 19.1. The first-order valence-electron chi connectivity index (χ1n) is 5.99. The lowest BCUT2D eigenvalue weighted by Gasteiger charge is -2.22. The Morgan fingerprint density at radius 2 is 2.00 bits per heavy atom. The van der Waals surface area contributed by atoms with E-state index in [4.69, 9.17) is 5.73 Å². The number of hydrogen-bond acceptors (Lipinski definition) is 4. The lowest BCUT2D eigenvalue weighted by Crippen LogP contribution is -2.27. The summed E-state index contributed by atoms with van der Waals surface area (Å²) in [7, 11) is 0. The van der Waals surface area contributed by atoms with Crippen LogP contribution in [0.15, 0.2) is 30.6 Å². The van der Waals surface area contributed by atoms with Crippen LogP contribution in [0.2, 0.25) is 0 Å².